The maximum atomic E-state index is 13.8. The number of carbonyl (C=O) groups excluding carboxylic acids is 3. The fraction of sp³-hybridized carbons (Fsp3) is 0.712. The molecule has 9 aliphatic rings. The average molecular weight is 992 g/mol. The van der Waals surface area contributed by atoms with Crippen molar-refractivity contribution in [3.05, 3.63) is 71.8 Å². The van der Waals surface area contributed by atoms with Gasteiger partial charge in [0.25, 0.3) is 0 Å². The van der Waals surface area contributed by atoms with Crippen molar-refractivity contribution in [2.45, 2.75) is 208 Å². The Morgan fingerprint density at radius 3 is 1.85 bits per heavy atom. The number of hydrogen-bond acceptors (Lipinski definition) is 16. The van der Waals surface area contributed by atoms with Crippen LogP contribution in [0.2, 0.25) is 0 Å². The number of likely N-dealkylation sites (N-methyl/N-ethyl adjacent to an activating group) is 1. The molecule has 2 aromatic carbocycles. The number of alkyl carbamates (subject to hydrolysis) is 2. The molecule has 71 heavy (non-hydrogen) atoms. The van der Waals surface area contributed by atoms with Gasteiger partial charge in [0.1, 0.15) is 49.8 Å². The molecule has 11 rings (SSSR count). The molecular formula is C52H69N3O16. The van der Waals surface area contributed by atoms with Crippen molar-refractivity contribution in [2.24, 2.45) is 11.8 Å². The van der Waals surface area contributed by atoms with Crippen LogP contribution < -0.4 is 10.6 Å². The Balaban J connectivity index is 0.834. The van der Waals surface area contributed by atoms with E-state index in [0.717, 1.165) is 62.5 Å². The molecule has 6 aliphatic heterocycles. The van der Waals surface area contributed by atoms with Crippen molar-refractivity contribution in [1.29, 1.82) is 0 Å². The molecule has 3 saturated carbocycles. The number of nitrogens with zero attached hydrogens (tertiary/aromatic N) is 1. The summed E-state index contributed by atoms with van der Waals surface area (Å²) in [4.78, 5) is 42.3. The summed E-state index contributed by atoms with van der Waals surface area (Å²) in [5.41, 5.74) is 1.65. The van der Waals surface area contributed by atoms with E-state index in [0.29, 0.717) is 19.3 Å². The van der Waals surface area contributed by atoms with Crippen LogP contribution in [0, 0.1) is 11.8 Å². The van der Waals surface area contributed by atoms with Gasteiger partial charge in [-0.25, -0.2) is 14.4 Å². The predicted molar refractivity (Wildman–Crippen MR) is 247 cm³/mol. The van der Waals surface area contributed by atoms with Crippen LogP contribution >= 0.6 is 0 Å². The summed E-state index contributed by atoms with van der Waals surface area (Å²) >= 11 is 0. The van der Waals surface area contributed by atoms with Gasteiger partial charge < -0.3 is 72.6 Å². The molecule has 0 radical (unpaired) electrons. The Bertz CT molecular complexity index is 2160. The molecule has 0 bridgehead atoms. The number of amides is 3. The highest BCUT2D eigenvalue weighted by atomic mass is 16.8. The van der Waals surface area contributed by atoms with Crippen LogP contribution in [0.15, 0.2) is 60.7 Å². The van der Waals surface area contributed by atoms with E-state index in [1.165, 1.54) is 4.90 Å². The van der Waals surface area contributed by atoms with Crippen LogP contribution in [-0.2, 0) is 70.1 Å². The largest absolute Gasteiger partial charge is 0.445 e. The zero-order valence-electron chi connectivity index (χ0n) is 40.7. The first kappa shape index (κ1) is 49.1. The molecule has 2 spiro atoms. The Kier molecular flexibility index (Phi) is 14.3. The minimum atomic E-state index is -1.01. The normalized spacial score (nSPS) is 39.9. The second-order valence-corrected chi connectivity index (χ2v) is 21.1. The van der Waals surface area contributed by atoms with E-state index in [1.54, 1.807) is 7.05 Å². The third-order valence-electron chi connectivity index (χ3n) is 16.3. The Morgan fingerprint density at radius 2 is 1.23 bits per heavy atom. The van der Waals surface area contributed by atoms with Crippen LogP contribution in [-0.4, -0.2) is 145 Å². The van der Waals surface area contributed by atoms with Gasteiger partial charge >= 0.3 is 18.3 Å². The first-order valence-electron chi connectivity index (χ1n) is 25.9. The van der Waals surface area contributed by atoms with Gasteiger partial charge in [-0.05, 0) is 49.7 Å². The van der Waals surface area contributed by atoms with Gasteiger partial charge in [-0.3, -0.25) is 4.90 Å². The monoisotopic (exact) mass is 991 g/mol. The lowest BCUT2D eigenvalue weighted by molar-refractivity contribution is -0.373. The number of nitrogens with one attached hydrogen (secondary N) is 2. The number of hydrogen-bond donors (Lipinski definition) is 3. The van der Waals surface area contributed by atoms with Crippen LogP contribution in [0.25, 0.3) is 0 Å². The molecule has 6 heterocycles. The summed E-state index contributed by atoms with van der Waals surface area (Å²) in [6.07, 6.45) is -1.39. The zero-order valence-corrected chi connectivity index (χ0v) is 40.7. The van der Waals surface area contributed by atoms with E-state index in [-0.39, 0.29) is 44.2 Å². The van der Waals surface area contributed by atoms with Gasteiger partial charge in [0.05, 0.1) is 37.0 Å². The lowest BCUT2D eigenvalue weighted by Crippen LogP contribution is -2.67. The number of aliphatic hydroxyl groups excluding tert-OH is 1. The maximum absolute atomic E-state index is 13.8. The molecule has 19 heteroatoms. The van der Waals surface area contributed by atoms with E-state index < -0.39 is 116 Å². The minimum absolute atomic E-state index is 0.0380. The van der Waals surface area contributed by atoms with Crippen molar-refractivity contribution < 1.29 is 76.3 Å². The highest BCUT2D eigenvalue weighted by Gasteiger charge is 2.64. The fourth-order valence-corrected chi connectivity index (χ4v) is 12.6. The molecule has 19 nitrogen and oxygen atoms in total. The number of benzene rings is 2. The van der Waals surface area contributed by atoms with E-state index >= 15 is 0 Å². The molecule has 0 aromatic heterocycles. The van der Waals surface area contributed by atoms with Gasteiger partial charge in [0.15, 0.2) is 36.5 Å². The topological polar surface area (TPSA) is 209 Å². The standard InChI is InChI=1S/C52H69N3O16/c1-29-24-35-41(42-37(55(3)50(59)66-42)46(62-35)67-47-44-38(30(2)36(26-56)63-47)68-51(71-44)20-12-6-13-21-51)65-45(29)64-39-33(53-48(57)60-27-31-16-8-4-9-17-31)25-34(54-49(58)61-28-32-18-10-5-11-19-32)40-43(39)70-52(69-40)22-14-7-15-23-52/h4-5,8-11,16-19,29-30,33-47,56H,6-7,12-15,20-28H2,1-3H3,(H,53,57)(H,54,58)/t29?,30-,33?,34-,35+,36?,37?,38+,39-,40?,41?,42?,43+,44?,45+,46?,47-/m1/s1. The average Bonchev–Trinajstić information content (AvgIpc) is 4.04. The lowest BCUT2D eigenvalue weighted by Gasteiger charge is -2.51. The van der Waals surface area contributed by atoms with Gasteiger partial charge in [-0.2, -0.15) is 0 Å². The summed E-state index contributed by atoms with van der Waals surface area (Å²) in [6.45, 7) is 3.86. The van der Waals surface area contributed by atoms with Crippen LogP contribution in [0.1, 0.15) is 102 Å². The van der Waals surface area contributed by atoms with E-state index in [4.69, 9.17) is 56.8 Å². The van der Waals surface area contributed by atoms with Crippen LogP contribution in [0.5, 0.6) is 0 Å². The second kappa shape index (κ2) is 20.6. The van der Waals surface area contributed by atoms with E-state index in [2.05, 4.69) is 10.6 Å². The summed E-state index contributed by atoms with van der Waals surface area (Å²) < 4.78 is 78.9. The summed E-state index contributed by atoms with van der Waals surface area (Å²) in [7, 11) is 1.64. The number of aliphatic hydroxyl groups is 1. The number of fused-ring (bicyclic) bond motifs is 5. The first-order chi connectivity index (χ1) is 34.5. The van der Waals surface area contributed by atoms with Crippen molar-refractivity contribution in [2.75, 3.05) is 13.7 Å². The second-order valence-electron chi connectivity index (χ2n) is 21.1. The molecule has 9 unspecified atom stereocenters. The Morgan fingerprint density at radius 1 is 0.648 bits per heavy atom. The smallest absolute Gasteiger partial charge is 0.410 e. The molecule has 3 aliphatic carbocycles. The predicted octanol–water partition coefficient (Wildman–Crippen LogP) is 5.92. The molecule has 2 aromatic rings. The maximum Gasteiger partial charge on any atom is 0.410 e. The molecule has 388 valence electrons. The summed E-state index contributed by atoms with van der Waals surface area (Å²) in [6, 6.07) is 16.6. The number of rotatable bonds is 11. The molecule has 9 fully saturated rings. The van der Waals surface area contributed by atoms with E-state index in [9.17, 15) is 19.5 Å². The molecule has 3 N–H and O–H groups in total. The van der Waals surface area contributed by atoms with Crippen molar-refractivity contribution in [1.82, 2.24) is 15.5 Å². The van der Waals surface area contributed by atoms with Crippen molar-refractivity contribution in [3.63, 3.8) is 0 Å². The van der Waals surface area contributed by atoms with Gasteiger partial charge in [-0.15, -0.1) is 0 Å². The number of carbonyl (C=O) groups is 3. The number of ether oxygens (including phenoxy) is 12. The fourth-order valence-electron chi connectivity index (χ4n) is 12.6. The van der Waals surface area contributed by atoms with Gasteiger partial charge in [0.2, 0.25) is 0 Å². The lowest BCUT2D eigenvalue weighted by atomic mass is 9.83. The molecule has 3 amide bonds. The quantitative estimate of drug-likeness (QED) is 0.223. The zero-order chi connectivity index (χ0) is 48.9. The third-order valence-corrected chi connectivity index (χ3v) is 16.3. The van der Waals surface area contributed by atoms with Crippen molar-refractivity contribution in [3.8, 4) is 0 Å². The van der Waals surface area contributed by atoms with E-state index in [1.807, 2.05) is 74.5 Å². The summed E-state index contributed by atoms with van der Waals surface area (Å²) in [5.74, 6) is -2.11. The Hall–Kier alpha value is -4.15. The van der Waals surface area contributed by atoms with Crippen LogP contribution in [0.4, 0.5) is 14.4 Å². The first-order valence-corrected chi connectivity index (χ1v) is 25.9. The molecule has 6 saturated heterocycles. The van der Waals surface area contributed by atoms with Gasteiger partial charge in [-0.1, -0.05) is 87.4 Å². The van der Waals surface area contributed by atoms with Gasteiger partial charge in [0, 0.05) is 44.6 Å². The van der Waals surface area contributed by atoms with Crippen molar-refractivity contribution >= 4 is 18.3 Å². The Labute approximate surface area is 414 Å². The highest BCUT2D eigenvalue weighted by Crippen LogP contribution is 2.50. The minimum Gasteiger partial charge on any atom is -0.445 e. The molecule has 17 atom stereocenters. The summed E-state index contributed by atoms with van der Waals surface area (Å²) in [5, 5.41) is 16.6. The third kappa shape index (κ3) is 10.00. The highest BCUT2D eigenvalue weighted by molar-refractivity contribution is 5.71. The van der Waals surface area contributed by atoms with Crippen LogP contribution in [0.3, 0.4) is 0 Å². The molecular weight excluding hydrogens is 923 g/mol. The SMILES string of the molecule is CC1C[C@@H]2OC(O[C@H]3OC(CO)[C@@H](C)[C@@H]4OC5(CCCCC5)OC34)C3C(OC(=O)N3C)C2O[C@@H]1O[C@@H]1C(NC(=O)OCc2ccccc2)C[C@@H](NC(=O)OCc2ccccc2)C2OC3(CCCCC3)O[C@H]21.